The van der Waals surface area contributed by atoms with Crippen LogP contribution >= 0.6 is 0 Å². The van der Waals surface area contributed by atoms with E-state index >= 15 is 0 Å². The molecular formula is C12H14N4O. The smallest absolute Gasteiger partial charge is 0.223 e. The summed E-state index contributed by atoms with van der Waals surface area (Å²) < 4.78 is 1.72. The molecule has 0 aliphatic heterocycles. The van der Waals surface area contributed by atoms with Crippen LogP contribution in [0.2, 0.25) is 0 Å². The van der Waals surface area contributed by atoms with Crippen LogP contribution in [-0.4, -0.2) is 27.7 Å². The van der Waals surface area contributed by atoms with Crippen LogP contribution in [0, 0.1) is 6.92 Å². The van der Waals surface area contributed by atoms with Crippen molar-refractivity contribution in [2.75, 3.05) is 11.9 Å². The van der Waals surface area contributed by atoms with Gasteiger partial charge in [0, 0.05) is 20.2 Å². The van der Waals surface area contributed by atoms with Crippen LogP contribution < -0.4 is 4.90 Å². The van der Waals surface area contributed by atoms with Crippen molar-refractivity contribution < 1.29 is 4.79 Å². The minimum Gasteiger partial charge on any atom is -0.313 e. The fraction of sp³-hybridized carbons (Fsp3) is 0.250. The van der Waals surface area contributed by atoms with Gasteiger partial charge in [-0.25, -0.2) is 4.68 Å². The fourth-order valence-electron chi connectivity index (χ4n) is 1.52. The SMILES string of the molecule is CC(=O)N(C)c1cnn(-c2cccnc2C)c1. The van der Waals surface area contributed by atoms with E-state index in [2.05, 4.69) is 10.1 Å². The van der Waals surface area contributed by atoms with Crippen molar-refractivity contribution >= 4 is 11.6 Å². The van der Waals surface area contributed by atoms with Crippen LogP contribution in [-0.2, 0) is 4.79 Å². The number of aromatic nitrogens is 3. The summed E-state index contributed by atoms with van der Waals surface area (Å²) in [4.78, 5) is 17.0. The lowest BCUT2D eigenvalue weighted by Crippen LogP contribution is -2.22. The van der Waals surface area contributed by atoms with E-state index in [0.29, 0.717) is 0 Å². The molecule has 5 heteroatoms. The van der Waals surface area contributed by atoms with Crippen molar-refractivity contribution in [3.8, 4) is 5.69 Å². The van der Waals surface area contributed by atoms with Crippen LogP contribution in [0.15, 0.2) is 30.7 Å². The topological polar surface area (TPSA) is 51.0 Å². The number of carbonyl (C=O) groups is 1. The Morgan fingerprint density at radius 3 is 2.88 bits per heavy atom. The largest absolute Gasteiger partial charge is 0.313 e. The van der Waals surface area contributed by atoms with Crippen LogP contribution in [0.5, 0.6) is 0 Å². The maximum atomic E-state index is 11.2. The second kappa shape index (κ2) is 4.37. The first-order valence-electron chi connectivity index (χ1n) is 5.30. The van der Waals surface area contributed by atoms with Crippen molar-refractivity contribution in [3.63, 3.8) is 0 Å². The highest BCUT2D eigenvalue weighted by atomic mass is 16.2. The third kappa shape index (κ3) is 2.18. The van der Waals surface area contributed by atoms with Gasteiger partial charge in [0.25, 0.3) is 0 Å². The first kappa shape index (κ1) is 11.3. The average molecular weight is 230 g/mol. The van der Waals surface area contributed by atoms with Gasteiger partial charge in [0.15, 0.2) is 0 Å². The van der Waals surface area contributed by atoms with E-state index in [1.165, 1.54) is 6.92 Å². The van der Waals surface area contributed by atoms with E-state index in [0.717, 1.165) is 17.1 Å². The van der Waals surface area contributed by atoms with Crippen molar-refractivity contribution in [3.05, 3.63) is 36.4 Å². The lowest BCUT2D eigenvalue weighted by Gasteiger charge is -2.11. The zero-order valence-electron chi connectivity index (χ0n) is 10.1. The molecule has 0 atom stereocenters. The lowest BCUT2D eigenvalue weighted by atomic mass is 10.3. The standard InChI is InChI=1S/C12H14N4O/c1-9-12(5-4-6-13-9)16-8-11(7-14-16)15(3)10(2)17/h4-8H,1-3H3. The molecule has 0 aliphatic rings. The summed E-state index contributed by atoms with van der Waals surface area (Å²) in [5.74, 6) is -0.0209. The molecule has 0 radical (unpaired) electrons. The van der Waals surface area contributed by atoms with Gasteiger partial charge < -0.3 is 4.90 Å². The number of pyridine rings is 1. The molecular weight excluding hydrogens is 216 g/mol. The molecule has 2 aromatic heterocycles. The van der Waals surface area contributed by atoms with Crippen LogP contribution in [0.1, 0.15) is 12.6 Å². The highest BCUT2D eigenvalue weighted by Crippen LogP contribution is 2.16. The van der Waals surface area contributed by atoms with E-state index in [-0.39, 0.29) is 5.91 Å². The molecule has 17 heavy (non-hydrogen) atoms. The number of hydrogen-bond donors (Lipinski definition) is 0. The van der Waals surface area contributed by atoms with Crippen molar-refractivity contribution in [2.24, 2.45) is 0 Å². The van der Waals surface area contributed by atoms with E-state index in [9.17, 15) is 4.79 Å². The van der Waals surface area contributed by atoms with Crippen molar-refractivity contribution in [1.82, 2.24) is 14.8 Å². The zero-order valence-corrected chi connectivity index (χ0v) is 10.1. The Morgan fingerprint density at radius 1 is 1.47 bits per heavy atom. The molecule has 1 amide bonds. The van der Waals surface area contributed by atoms with E-state index < -0.39 is 0 Å². The van der Waals surface area contributed by atoms with Gasteiger partial charge in [-0.1, -0.05) is 0 Å². The number of rotatable bonds is 2. The van der Waals surface area contributed by atoms with Crippen molar-refractivity contribution in [1.29, 1.82) is 0 Å². The maximum Gasteiger partial charge on any atom is 0.223 e. The van der Waals surface area contributed by atoms with Crippen LogP contribution in [0.25, 0.3) is 5.69 Å². The Hall–Kier alpha value is -2.17. The molecule has 0 aliphatic carbocycles. The monoisotopic (exact) mass is 230 g/mol. The summed E-state index contributed by atoms with van der Waals surface area (Å²) in [6.45, 7) is 3.44. The summed E-state index contributed by atoms with van der Waals surface area (Å²) >= 11 is 0. The molecule has 0 bridgehead atoms. The van der Waals surface area contributed by atoms with Gasteiger partial charge in [0.2, 0.25) is 5.91 Å². The Labute approximate surface area is 99.7 Å². The summed E-state index contributed by atoms with van der Waals surface area (Å²) in [7, 11) is 1.72. The van der Waals surface area contributed by atoms with Gasteiger partial charge in [0.05, 0.1) is 29.5 Å². The quantitative estimate of drug-likeness (QED) is 0.786. The molecule has 0 aromatic carbocycles. The number of carbonyl (C=O) groups excluding carboxylic acids is 1. The molecule has 2 aromatic rings. The van der Waals surface area contributed by atoms with E-state index in [1.807, 2.05) is 25.3 Å². The first-order chi connectivity index (χ1) is 8.09. The highest BCUT2D eigenvalue weighted by molar-refractivity contribution is 5.90. The maximum absolute atomic E-state index is 11.2. The molecule has 0 saturated heterocycles. The van der Waals surface area contributed by atoms with Gasteiger partial charge in [-0.15, -0.1) is 0 Å². The molecule has 2 rings (SSSR count). The average Bonchev–Trinajstić information content (AvgIpc) is 2.77. The van der Waals surface area contributed by atoms with Crippen molar-refractivity contribution in [2.45, 2.75) is 13.8 Å². The summed E-state index contributed by atoms with van der Waals surface area (Å²) in [5, 5.41) is 4.23. The highest BCUT2D eigenvalue weighted by Gasteiger charge is 2.09. The van der Waals surface area contributed by atoms with Gasteiger partial charge >= 0.3 is 0 Å². The van der Waals surface area contributed by atoms with Gasteiger partial charge in [-0.2, -0.15) is 5.10 Å². The number of aryl methyl sites for hydroxylation is 1. The number of hydrogen-bond acceptors (Lipinski definition) is 3. The summed E-state index contributed by atoms with van der Waals surface area (Å²) in [6.07, 6.45) is 5.21. The van der Waals surface area contributed by atoms with Gasteiger partial charge in [0.1, 0.15) is 0 Å². The summed E-state index contributed by atoms with van der Waals surface area (Å²) in [5.41, 5.74) is 2.57. The molecule has 2 heterocycles. The molecule has 88 valence electrons. The molecule has 0 N–H and O–H groups in total. The normalized spacial score (nSPS) is 10.3. The molecule has 0 saturated carbocycles. The van der Waals surface area contributed by atoms with Crippen LogP contribution in [0.3, 0.4) is 0 Å². The fourth-order valence-corrected chi connectivity index (χ4v) is 1.52. The lowest BCUT2D eigenvalue weighted by molar-refractivity contribution is -0.116. The van der Waals surface area contributed by atoms with E-state index in [4.69, 9.17) is 0 Å². The Balaban J connectivity index is 2.37. The number of nitrogens with zero attached hydrogens (tertiary/aromatic N) is 4. The van der Waals surface area contributed by atoms with Gasteiger partial charge in [-0.3, -0.25) is 9.78 Å². The predicted octanol–water partition coefficient (Wildman–Crippen LogP) is 1.56. The summed E-state index contributed by atoms with van der Waals surface area (Å²) in [6, 6.07) is 3.80. The third-order valence-corrected chi connectivity index (χ3v) is 2.65. The second-order valence-electron chi connectivity index (χ2n) is 3.83. The zero-order chi connectivity index (χ0) is 12.4. The Bertz CT molecular complexity index is 547. The predicted molar refractivity (Wildman–Crippen MR) is 65.2 cm³/mol. The third-order valence-electron chi connectivity index (χ3n) is 2.65. The number of anilines is 1. The minimum absolute atomic E-state index is 0.0209. The van der Waals surface area contributed by atoms with Crippen LogP contribution in [0.4, 0.5) is 5.69 Å². The number of amides is 1. The minimum atomic E-state index is -0.0209. The molecule has 0 spiro atoms. The Kier molecular flexibility index (Phi) is 2.91. The van der Waals surface area contributed by atoms with E-state index in [1.54, 1.807) is 29.0 Å². The molecule has 0 fully saturated rings. The van der Waals surface area contributed by atoms with Gasteiger partial charge in [-0.05, 0) is 19.1 Å². The first-order valence-corrected chi connectivity index (χ1v) is 5.30. The second-order valence-corrected chi connectivity index (χ2v) is 3.83. The Morgan fingerprint density at radius 2 is 2.24 bits per heavy atom. The molecule has 5 nitrogen and oxygen atoms in total. The molecule has 0 unspecified atom stereocenters.